The van der Waals surface area contributed by atoms with Crippen LogP contribution in [0.3, 0.4) is 0 Å². The lowest BCUT2D eigenvalue weighted by Gasteiger charge is -2.12. The molecule has 2 aromatic carbocycles. The van der Waals surface area contributed by atoms with Crippen molar-refractivity contribution in [1.82, 2.24) is 0 Å². The van der Waals surface area contributed by atoms with Crippen LogP contribution in [0.4, 0.5) is 14.5 Å². The van der Waals surface area contributed by atoms with Crippen LogP contribution >= 0.6 is 15.9 Å². The fourth-order valence-electron chi connectivity index (χ4n) is 1.80. The van der Waals surface area contributed by atoms with Crippen LogP contribution in [0.1, 0.15) is 16.7 Å². The van der Waals surface area contributed by atoms with E-state index in [1.165, 1.54) is 18.2 Å². The summed E-state index contributed by atoms with van der Waals surface area (Å²) >= 11 is 3.33. The topological polar surface area (TPSA) is 35.8 Å². The lowest BCUT2D eigenvalue weighted by molar-refractivity contribution is 0.618. The average molecular weight is 337 g/mol. The Bertz CT molecular complexity index is 693. The molecule has 0 aliphatic rings. The molecule has 102 valence electrons. The first-order valence-corrected chi connectivity index (χ1v) is 6.68. The molecule has 0 unspecified atom stereocenters. The van der Waals surface area contributed by atoms with Crippen molar-refractivity contribution in [2.24, 2.45) is 0 Å². The number of nitrogens with zero attached hydrogens (tertiary/aromatic N) is 1. The molecular weight excluding hydrogens is 326 g/mol. The number of rotatable bonds is 3. The molecule has 0 fully saturated rings. The van der Waals surface area contributed by atoms with Crippen LogP contribution < -0.4 is 5.32 Å². The molecule has 0 aromatic heterocycles. The molecule has 0 saturated heterocycles. The van der Waals surface area contributed by atoms with E-state index < -0.39 is 5.82 Å². The zero-order valence-corrected chi connectivity index (χ0v) is 12.3. The van der Waals surface area contributed by atoms with Gasteiger partial charge in [0.05, 0.1) is 11.6 Å². The zero-order chi connectivity index (χ0) is 14.7. The van der Waals surface area contributed by atoms with Crippen LogP contribution in [0.15, 0.2) is 34.8 Å². The fourth-order valence-corrected chi connectivity index (χ4v) is 2.18. The standard InChI is InChI=1S/C15H11BrF2N2/c1-9-14(18)4-10(7-19)5-15(9)20-8-11-6-12(17)2-3-13(11)16/h2-6,20H,8H2,1H3. The maximum atomic E-state index is 13.6. The van der Waals surface area contributed by atoms with Gasteiger partial charge in [0.2, 0.25) is 0 Å². The first kappa shape index (κ1) is 14.5. The van der Waals surface area contributed by atoms with Crippen LogP contribution in [0, 0.1) is 29.9 Å². The Morgan fingerprint density at radius 1 is 1.25 bits per heavy atom. The van der Waals surface area contributed by atoms with Gasteiger partial charge in [0, 0.05) is 22.3 Å². The maximum absolute atomic E-state index is 13.6. The molecule has 1 N–H and O–H groups in total. The molecule has 0 saturated carbocycles. The SMILES string of the molecule is Cc1c(F)cc(C#N)cc1NCc1cc(F)ccc1Br. The van der Waals surface area contributed by atoms with E-state index >= 15 is 0 Å². The van der Waals surface area contributed by atoms with Crippen molar-refractivity contribution in [1.29, 1.82) is 5.26 Å². The van der Waals surface area contributed by atoms with E-state index in [9.17, 15) is 8.78 Å². The van der Waals surface area contributed by atoms with Crippen molar-refractivity contribution in [2.75, 3.05) is 5.32 Å². The van der Waals surface area contributed by atoms with Gasteiger partial charge in [-0.2, -0.15) is 5.26 Å². The Morgan fingerprint density at radius 2 is 2.00 bits per heavy atom. The Kier molecular flexibility index (Phi) is 4.35. The van der Waals surface area contributed by atoms with E-state index in [2.05, 4.69) is 21.2 Å². The lowest BCUT2D eigenvalue weighted by Crippen LogP contribution is -2.04. The normalized spacial score (nSPS) is 10.2. The van der Waals surface area contributed by atoms with E-state index in [4.69, 9.17) is 5.26 Å². The summed E-state index contributed by atoms with van der Waals surface area (Å²) in [5.41, 5.74) is 1.91. The first-order chi connectivity index (χ1) is 9.51. The van der Waals surface area contributed by atoms with Crippen molar-refractivity contribution in [2.45, 2.75) is 13.5 Å². The lowest BCUT2D eigenvalue weighted by atomic mass is 10.1. The Hall–Kier alpha value is -1.93. The van der Waals surface area contributed by atoms with Gasteiger partial charge in [0.15, 0.2) is 0 Å². The third kappa shape index (κ3) is 3.14. The third-order valence-electron chi connectivity index (χ3n) is 2.95. The second kappa shape index (κ2) is 6.02. The van der Waals surface area contributed by atoms with Crippen LogP contribution in [-0.4, -0.2) is 0 Å². The summed E-state index contributed by atoms with van der Waals surface area (Å²) in [4.78, 5) is 0. The number of hydrogen-bond acceptors (Lipinski definition) is 2. The first-order valence-electron chi connectivity index (χ1n) is 5.89. The Balaban J connectivity index is 2.25. The van der Waals surface area contributed by atoms with Gasteiger partial charge in [0.1, 0.15) is 11.6 Å². The van der Waals surface area contributed by atoms with Crippen molar-refractivity contribution >= 4 is 21.6 Å². The Labute approximate surface area is 124 Å². The number of hydrogen-bond donors (Lipinski definition) is 1. The molecule has 2 aromatic rings. The van der Waals surface area contributed by atoms with E-state index in [-0.39, 0.29) is 11.4 Å². The number of benzene rings is 2. The van der Waals surface area contributed by atoms with Gasteiger partial charge < -0.3 is 5.32 Å². The van der Waals surface area contributed by atoms with Gasteiger partial charge in [-0.25, -0.2) is 8.78 Å². The summed E-state index contributed by atoms with van der Waals surface area (Å²) in [7, 11) is 0. The number of nitrogens with one attached hydrogen (secondary N) is 1. The van der Waals surface area contributed by atoms with Crippen LogP contribution in [0.25, 0.3) is 0 Å². The maximum Gasteiger partial charge on any atom is 0.129 e. The highest BCUT2D eigenvalue weighted by Crippen LogP contribution is 2.23. The molecule has 0 aliphatic heterocycles. The van der Waals surface area contributed by atoms with Crippen LogP contribution in [0.2, 0.25) is 0 Å². The molecule has 0 radical (unpaired) electrons. The van der Waals surface area contributed by atoms with Crippen molar-refractivity contribution in [3.05, 3.63) is 63.1 Å². The molecular formula is C15H11BrF2N2. The third-order valence-corrected chi connectivity index (χ3v) is 3.72. The van der Waals surface area contributed by atoms with Crippen LogP contribution in [-0.2, 0) is 6.54 Å². The monoisotopic (exact) mass is 336 g/mol. The molecule has 0 heterocycles. The number of halogens is 3. The van der Waals surface area contributed by atoms with Gasteiger partial charge in [-0.15, -0.1) is 0 Å². The molecule has 2 rings (SSSR count). The molecule has 0 bridgehead atoms. The van der Waals surface area contributed by atoms with Gasteiger partial charge in [-0.3, -0.25) is 0 Å². The summed E-state index contributed by atoms with van der Waals surface area (Å²) in [6, 6.07) is 9.05. The van der Waals surface area contributed by atoms with Gasteiger partial charge in [-0.05, 0) is 42.8 Å². The molecule has 2 nitrogen and oxygen atoms in total. The molecule has 0 spiro atoms. The van der Waals surface area contributed by atoms with E-state index in [0.29, 0.717) is 23.4 Å². The second-order valence-corrected chi connectivity index (χ2v) is 5.19. The zero-order valence-electron chi connectivity index (χ0n) is 10.7. The molecule has 0 aliphatic carbocycles. The summed E-state index contributed by atoms with van der Waals surface area (Å²) in [5, 5.41) is 11.9. The largest absolute Gasteiger partial charge is 0.381 e. The minimum atomic E-state index is -0.440. The molecule has 0 amide bonds. The van der Waals surface area contributed by atoms with E-state index in [1.54, 1.807) is 19.1 Å². The summed E-state index contributed by atoms with van der Waals surface area (Å²) in [5.74, 6) is -0.775. The fraction of sp³-hybridized carbons (Fsp3) is 0.133. The summed E-state index contributed by atoms with van der Waals surface area (Å²) < 4.78 is 27.6. The van der Waals surface area contributed by atoms with Gasteiger partial charge in [0.25, 0.3) is 0 Å². The summed E-state index contributed by atoms with van der Waals surface area (Å²) in [6.07, 6.45) is 0. The van der Waals surface area contributed by atoms with Crippen molar-refractivity contribution in [3.63, 3.8) is 0 Å². The summed E-state index contributed by atoms with van der Waals surface area (Å²) in [6.45, 7) is 1.95. The van der Waals surface area contributed by atoms with Crippen molar-refractivity contribution < 1.29 is 8.78 Å². The van der Waals surface area contributed by atoms with Crippen LogP contribution in [0.5, 0.6) is 0 Å². The minimum absolute atomic E-state index is 0.244. The van der Waals surface area contributed by atoms with Gasteiger partial charge >= 0.3 is 0 Å². The van der Waals surface area contributed by atoms with E-state index in [0.717, 1.165) is 4.47 Å². The van der Waals surface area contributed by atoms with E-state index in [1.807, 2.05) is 6.07 Å². The highest BCUT2D eigenvalue weighted by Gasteiger charge is 2.08. The Morgan fingerprint density at radius 3 is 2.70 bits per heavy atom. The minimum Gasteiger partial charge on any atom is -0.381 e. The number of anilines is 1. The average Bonchev–Trinajstić information content (AvgIpc) is 2.43. The van der Waals surface area contributed by atoms with Gasteiger partial charge in [-0.1, -0.05) is 15.9 Å². The predicted octanol–water partition coefficient (Wildman–Crippen LogP) is 4.52. The van der Waals surface area contributed by atoms with Crippen molar-refractivity contribution in [3.8, 4) is 6.07 Å². The smallest absolute Gasteiger partial charge is 0.129 e. The molecule has 20 heavy (non-hydrogen) atoms. The number of nitriles is 1. The quantitative estimate of drug-likeness (QED) is 0.894. The molecule has 5 heteroatoms. The predicted molar refractivity (Wildman–Crippen MR) is 77.3 cm³/mol. The molecule has 0 atom stereocenters. The second-order valence-electron chi connectivity index (χ2n) is 4.33. The highest BCUT2D eigenvalue weighted by molar-refractivity contribution is 9.10. The highest BCUT2D eigenvalue weighted by atomic mass is 79.9.